The highest BCUT2D eigenvalue weighted by Crippen LogP contribution is 2.34. The quantitative estimate of drug-likeness (QED) is 0.323. The second-order valence-corrected chi connectivity index (χ2v) is 8.29. The number of carbonyl (C=O) groups is 1. The molecule has 0 spiro atoms. The second-order valence-electron chi connectivity index (χ2n) is 7.13. The van der Waals surface area contributed by atoms with Gasteiger partial charge in [-0.2, -0.15) is 0 Å². The fourth-order valence-electron chi connectivity index (χ4n) is 3.10. The number of amides is 1. The number of aryl methyl sites for hydroxylation is 1. The Morgan fingerprint density at radius 3 is 2.47 bits per heavy atom. The van der Waals surface area contributed by atoms with Crippen LogP contribution in [0.15, 0.2) is 60.7 Å². The van der Waals surface area contributed by atoms with Crippen LogP contribution in [0, 0.1) is 10.5 Å². The van der Waals surface area contributed by atoms with Gasteiger partial charge in [0.25, 0.3) is 5.91 Å². The third-order valence-corrected chi connectivity index (χ3v) is 5.41. The van der Waals surface area contributed by atoms with Crippen molar-refractivity contribution >= 4 is 39.9 Å². The van der Waals surface area contributed by atoms with Crippen LogP contribution in [-0.4, -0.2) is 26.2 Å². The van der Waals surface area contributed by atoms with Gasteiger partial charge in [-0.1, -0.05) is 12.1 Å². The fraction of sp³-hybridized carbons (Fsp3) is 0.240. The third kappa shape index (κ3) is 6.78. The normalized spacial score (nSPS) is 10.4. The molecule has 0 saturated carbocycles. The predicted octanol–water partition coefficient (Wildman–Crippen LogP) is 5.64. The Bertz CT molecular complexity index is 1050. The lowest BCUT2D eigenvalue weighted by Crippen LogP contribution is -2.20. The maximum absolute atomic E-state index is 12.4. The molecule has 0 heterocycles. The SMILES string of the molecule is CCOc1cc(CNc2ccc(OC)cc2)cc(I)c1OCC(=O)Nc1cccc(C)c1. The van der Waals surface area contributed by atoms with Crippen LogP contribution in [0.1, 0.15) is 18.1 Å². The first-order valence-electron chi connectivity index (χ1n) is 10.3. The molecule has 0 aliphatic carbocycles. The van der Waals surface area contributed by atoms with Crippen LogP contribution >= 0.6 is 22.6 Å². The van der Waals surface area contributed by atoms with Gasteiger partial charge >= 0.3 is 0 Å². The molecule has 0 saturated heterocycles. The largest absolute Gasteiger partial charge is 0.497 e. The maximum Gasteiger partial charge on any atom is 0.262 e. The van der Waals surface area contributed by atoms with E-state index in [4.69, 9.17) is 14.2 Å². The van der Waals surface area contributed by atoms with Gasteiger partial charge in [0.15, 0.2) is 18.1 Å². The number of halogens is 1. The number of methoxy groups -OCH3 is 1. The predicted molar refractivity (Wildman–Crippen MR) is 136 cm³/mol. The van der Waals surface area contributed by atoms with Crippen molar-refractivity contribution in [2.75, 3.05) is 31.0 Å². The number of ether oxygens (including phenoxy) is 3. The molecule has 0 bridgehead atoms. The summed E-state index contributed by atoms with van der Waals surface area (Å²) in [6, 6.07) is 19.4. The molecule has 0 fully saturated rings. The van der Waals surface area contributed by atoms with Gasteiger partial charge in [-0.25, -0.2) is 0 Å². The highest BCUT2D eigenvalue weighted by atomic mass is 127. The first kappa shape index (κ1) is 23.7. The molecule has 0 aromatic heterocycles. The zero-order valence-corrected chi connectivity index (χ0v) is 20.6. The van der Waals surface area contributed by atoms with Crippen molar-refractivity contribution < 1.29 is 19.0 Å². The minimum Gasteiger partial charge on any atom is -0.497 e. The molecule has 7 heteroatoms. The summed E-state index contributed by atoms with van der Waals surface area (Å²) in [7, 11) is 1.65. The molecule has 3 rings (SSSR count). The number of hydrogen-bond donors (Lipinski definition) is 2. The van der Waals surface area contributed by atoms with E-state index in [1.807, 2.05) is 74.5 Å². The van der Waals surface area contributed by atoms with E-state index in [0.717, 1.165) is 31.8 Å². The summed E-state index contributed by atoms with van der Waals surface area (Å²) in [6.45, 7) is 4.92. The van der Waals surface area contributed by atoms with Crippen molar-refractivity contribution in [3.63, 3.8) is 0 Å². The summed E-state index contributed by atoms with van der Waals surface area (Å²) in [6.07, 6.45) is 0. The van der Waals surface area contributed by atoms with Gasteiger partial charge in [-0.05, 0) is 96.1 Å². The van der Waals surface area contributed by atoms with Crippen molar-refractivity contribution in [2.24, 2.45) is 0 Å². The van der Waals surface area contributed by atoms with Crippen molar-refractivity contribution in [3.8, 4) is 17.2 Å². The number of hydrogen-bond acceptors (Lipinski definition) is 5. The monoisotopic (exact) mass is 546 g/mol. The van der Waals surface area contributed by atoms with Crippen LogP contribution in [0.3, 0.4) is 0 Å². The number of anilines is 2. The van der Waals surface area contributed by atoms with E-state index in [-0.39, 0.29) is 12.5 Å². The molecule has 0 radical (unpaired) electrons. The molecule has 3 aromatic rings. The van der Waals surface area contributed by atoms with E-state index in [1.165, 1.54) is 0 Å². The van der Waals surface area contributed by atoms with E-state index >= 15 is 0 Å². The second kappa shape index (κ2) is 11.6. The summed E-state index contributed by atoms with van der Waals surface area (Å²) >= 11 is 2.21. The Balaban J connectivity index is 1.65. The molecule has 0 aliphatic rings. The average molecular weight is 546 g/mol. The Kier molecular flexibility index (Phi) is 8.61. The van der Waals surface area contributed by atoms with Crippen LogP contribution < -0.4 is 24.8 Å². The van der Waals surface area contributed by atoms with Crippen LogP contribution in [0.25, 0.3) is 0 Å². The summed E-state index contributed by atoms with van der Waals surface area (Å²) in [4.78, 5) is 12.4. The van der Waals surface area contributed by atoms with Crippen LogP contribution in [0.2, 0.25) is 0 Å². The van der Waals surface area contributed by atoms with E-state index in [2.05, 4.69) is 33.2 Å². The van der Waals surface area contributed by atoms with Gasteiger partial charge in [-0.15, -0.1) is 0 Å². The lowest BCUT2D eigenvalue weighted by molar-refractivity contribution is -0.118. The van der Waals surface area contributed by atoms with Crippen molar-refractivity contribution in [2.45, 2.75) is 20.4 Å². The average Bonchev–Trinajstić information content (AvgIpc) is 2.77. The number of nitrogens with one attached hydrogen (secondary N) is 2. The van der Waals surface area contributed by atoms with E-state index in [1.54, 1.807) is 7.11 Å². The molecular weight excluding hydrogens is 519 g/mol. The standard InChI is InChI=1S/C25H27IN2O4/c1-4-31-23-14-18(15-27-19-8-10-21(30-3)11-9-19)13-22(26)25(23)32-16-24(29)28-20-7-5-6-17(2)12-20/h5-14,27H,4,15-16H2,1-3H3,(H,28,29). The molecule has 6 nitrogen and oxygen atoms in total. The number of benzene rings is 3. The number of carbonyl (C=O) groups excluding carboxylic acids is 1. The van der Waals surface area contributed by atoms with Crippen molar-refractivity contribution in [1.29, 1.82) is 0 Å². The Labute approximate surface area is 202 Å². The highest BCUT2D eigenvalue weighted by molar-refractivity contribution is 14.1. The zero-order valence-electron chi connectivity index (χ0n) is 18.4. The first-order chi connectivity index (χ1) is 15.5. The Hall–Kier alpha value is -2.94. The topological polar surface area (TPSA) is 68.8 Å². The van der Waals surface area contributed by atoms with Crippen LogP contribution in [-0.2, 0) is 11.3 Å². The molecule has 32 heavy (non-hydrogen) atoms. The van der Waals surface area contributed by atoms with E-state index in [9.17, 15) is 4.79 Å². The van der Waals surface area contributed by atoms with Crippen molar-refractivity contribution in [3.05, 3.63) is 75.4 Å². The third-order valence-electron chi connectivity index (χ3n) is 4.61. The molecule has 3 aromatic carbocycles. The molecule has 0 aliphatic heterocycles. The summed E-state index contributed by atoms with van der Waals surface area (Å²) in [5.74, 6) is 1.78. The van der Waals surface area contributed by atoms with Gasteiger partial charge in [0, 0.05) is 17.9 Å². The lowest BCUT2D eigenvalue weighted by Gasteiger charge is -2.16. The molecular formula is C25H27IN2O4. The zero-order chi connectivity index (χ0) is 22.9. The van der Waals surface area contributed by atoms with Crippen LogP contribution in [0.5, 0.6) is 17.2 Å². The van der Waals surface area contributed by atoms with Gasteiger partial charge in [0.1, 0.15) is 5.75 Å². The Morgan fingerprint density at radius 2 is 1.78 bits per heavy atom. The Morgan fingerprint density at radius 1 is 1.00 bits per heavy atom. The van der Waals surface area contributed by atoms with Crippen molar-refractivity contribution in [1.82, 2.24) is 0 Å². The smallest absolute Gasteiger partial charge is 0.262 e. The van der Waals surface area contributed by atoms with E-state index < -0.39 is 0 Å². The lowest BCUT2D eigenvalue weighted by atomic mass is 10.2. The minimum absolute atomic E-state index is 0.104. The minimum atomic E-state index is -0.223. The molecule has 168 valence electrons. The molecule has 1 amide bonds. The summed E-state index contributed by atoms with van der Waals surface area (Å²) in [5, 5.41) is 6.25. The van der Waals surface area contributed by atoms with Gasteiger partial charge < -0.3 is 24.8 Å². The number of rotatable bonds is 10. The van der Waals surface area contributed by atoms with Gasteiger partial charge in [-0.3, -0.25) is 4.79 Å². The first-order valence-corrected chi connectivity index (χ1v) is 11.4. The molecule has 0 atom stereocenters. The molecule has 0 unspecified atom stereocenters. The van der Waals surface area contributed by atoms with E-state index in [0.29, 0.717) is 24.7 Å². The fourth-order valence-corrected chi connectivity index (χ4v) is 3.92. The maximum atomic E-state index is 12.4. The van der Waals surface area contributed by atoms with Gasteiger partial charge in [0.05, 0.1) is 17.3 Å². The highest BCUT2D eigenvalue weighted by Gasteiger charge is 2.14. The van der Waals surface area contributed by atoms with Gasteiger partial charge in [0.2, 0.25) is 0 Å². The van der Waals surface area contributed by atoms with Crippen LogP contribution in [0.4, 0.5) is 11.4 Å². The summed E-state index contributed by atoms with van der Waals surface area (Å²) in [5.41, 5.74) is 3.87. The summed E-state index contributed by atoms with van der Waals surface area (Å²) < 4.78 is 17.7. The molecule has 2 N–H and O–H groups in total.